The van der Waals surface area contributed by atoms with Crippen molar-refractivity contribution in [1.82, 2.24) is 15.5 Å². The van der Waals surface area contributed by atoms with Crippen LogP contribution in [-0.2, 0) is 9.53 Å². The third-order valence-corrected chi connectivity index (χ3v) is 4.66. The van der Waals surface area contributed by atoms with E-state index >= 15 is 0 Å². The number of fused-ring (bicyclic) bond motifs is 1. The van der Waals surface area contributed by atoms with E-state index in [4.69, 9.17) is 33.2 Å². The molecule has 0 saturated carbocycles. The van der Waals surface area contributed by atoms with Crippen molar-refractivity contribution in [3.63, 3.8) is 0 Å². The molecule has 2 amide bonds. The number of hydrogen-bond acceptors (Lipinski definition) is 8. The first-order valence-corrected chi connectivity index (χ1v) is 10.1. The summed E-state index contributed by atoms with van der Waals surface area (Å²) in [6.07, 6.45) is 0.105. The molecule has 0 bridgehead atoms. The van der Waals surface area contributed by atoms with E-state index in [1.54, 1.807) is 37.3 Å². The van der Waals surface area contributed by atoms with Gasteiger partial charge in [0.1, 0.15) is 11.6 Å². The van der Waals surface area contributed by atoms with Gasteiger partial charge in [-0.25, -0.2) is 9.89 Å². The number of imide groups is 1. The van der Waals surface area contributed by atoms with Crippen LogP contribution in [0.1, 0.15) is 6.92 Å². The van der Waals surface area contributed by atoms with Gasteiger partial charge in [-0.1, -0.05) is 35.3 Å². The fourth-order valence-electron chi connectivity index (χ4n) is 2.64. The molecule has 0 spiro atoms. The lowest BCUT2D eigenvalue weighted by Crippen LogP contribution is -2.32. The summed E-state index contributed by atoms with van der Waals surface area (Å²) >= 11 is 12.6. The van der Waals surface area contributed by atoms with Crippen LogP contribution in [0, 0.1) is 11.3 Å². The zero-order valence-electron chi connectivity index (χ0n) is 16.9. The molecule has 12 heteroatoms. The number of amides is 2. The van der Waals surface area contributed by atoms with Gasteiger partial charge in [0.25, 0.3) is 11.5 Å². The second kappa shape index (κ2) is 10.5. The normalized spacial score (nSPS) is 10.9. The summed E-state index contributed by atoms with van der Waals surface area (Å²) in [4.78, 5) is 35.2. The maximum absolute atomic E-state index is 12.0. The quantitative estimate of drug-likeness (QED) is 0.347. The molecule has 3 aromatic rings. The molecule has 0 unspecified atom stereocenters. The summed E-state index contributed by atoms with van der Waals surface area (Å²) in [6, 6.07) is 11.3. The van der Waals surface area contributed by atoms with Crippen molar-refractivity contribution < 1.29 is 19.1 Å². The van der Waals surface area contributed by atoms with Gasteiger partial charge in [0.15, 0.2) is 5.75 Å². The predicted molar refractivity (Wildman–Crippen MR) is 121 cm³/mol. The van der Waals surface area contributed by atoms with E-state index in [-0.39, 0.29) is 39.4 Å². The Bertz CT molecular complexity index is 1340. The summed E-state index contributed by atoms with van der Waals surface area (Å²) < 4.78 is 10.4. The highest BCUT2D eigenvalue weighted by Gasteiger charge is 2.16. The number of carbonyl (C=O) groups is 2. The molecule has 0 radical (unpaired) electrons. The molecular weight excluding hydrogens is 473 g/mol. The first kappa shape index (κ1) is 23.6. The molecule has 0 atom stereocenters. The number of carbonyl (C=O) groups excluding carboxylic acids is 2. The van der Waals surface area contributed by atoms with Crippen LogP contribution in [0.4, 0.5) is 10.5 Å². The number of aromatic nitrogens is 2. The monoisotopic (exact) mass is 487 g/mol. The number of hydrogen-bond donors (Lipinski definition) is 3. The molecule has 168 valence electrons. The van der Waals surface area contributed by atoms with E-state index in [0.717, 1.165) is 6.20 Å². The molecule has 0 fully saturated rings. The number of aromatic amines is 1. The van der Waals surface area contributed by atoms with Crippen LogP contribution in [0.3, 0.4) is 0 Å². The Kier molecular flexibility index (Phi) is 7.50. The van der Waals surface area contributed by atoms with E-state index in [2.05, 4.69) is 20.3 Å². The molecule has 33 heavy (non-hydrogen) atoms. The molecule has 0 aliphatic rings. The number of nitrogens with one attached hydrogen (secondary N) is 3. The van der Waals surface area contributed by atoms with Crippen molar-refractivity contribution in [3.8, 4) is 17.7 Å². The standard InChI is InChI=1S/C21H15Cl2N5O5/c1-2-32-21(31)26-18(29)11(9-24)10-25-12-7-15(22)17(16(23)8-12)33-20-14-6-4-3-5-13(14)19(30)27-28-20/h3-8,10,25H,2H2,1H3,(H,27,30)(H,26,29,31)/b11-10+. The smallest absolute Gasteiger partial charge is 0.414 e. The second-order valence-corrected chi connectivity index (χ2v) is 7.08. The number of halogens is 2. The van der Waals surface area contributed by atoms with Crippen LogP contribution >= 0.6 is 23.2 Å². The van der Waals surface area contributed by atoms with E-state index in [9.17, 15) is 14.4 Å². The van der Waals surface area contributed by atoms with Crippen molar-refractivity contribution >= 4 is 51.7 Å². The summed E-state index contributed by atoms with van der Waals surface area (Å²) in [7, 11) is 0. The van der Waals surface area contributed by atoms with Crippen molar-refractivity contribution in [2.75, 3.05) is 11.9 Å². The van der Waals surface area contributed by atoms with Gasteiger partial charge in [-0.3, -0.25) is 14.9 Å². The zero-order chi connectivity index (χ0) is 24.0. The van der Waals surface area contributed by atoms with Gasteiger partial charge in [0.05, 0.1) is 27.4 Å². The zero-order valence-corrected chi connectivity index (χ0v) is 18.5. The van der Waals surface area contributed by atoms with Crippen LogP contribution in [0.25, 0.3) is 10.8 Å². The van der Waals surface area contributed by atoms with Crippen LogP contribution in [0.15, 0.2) is 53.0 Å². The molecule has 2 aromatic carbocycles. The molecule has 0 aliphatic heterocycles. The number of nitrogens with zero attached hydrogens (tertiary/aromatic N) is 2. The summed E-state index contributed by atoms with van der Waals surface area (Å²) in [5, 5.41) is 21.1. The molecule has 1 aromatic heterocycles. The Morgan fingerprint density at radius 3 is 2.52 bits per heavy atom. The third kappa shape index (κ3) is 5.60. The predicted octanol–water partition coefficient (Wildman–Crippen LogP) is 4.11. The lowest BCUT2D eigenvalue weighted by Gasteiger charge is -2.12. The maximum atomic E-state index is 12.0. The Morgan fingerprint density at radius 2 is 1.88 bits per heavy atom. The fraction of sp³-hybridized carbons (Fsp3) is 0.0952. The van der Waals surface area contributed by atoms with Crippen molar-refractivity contribution in [2.24, 2.45) is 0 Å². The first-order chi connectivity index (χ1) is 15.8. The Balaban J connectivity index is 1.82. The molecule has 10 nitrogen and oxygen atoms in total. The average molecular weight is 488 g/mol. The van der Waals surface area contributed by atoms with E-state index in [0.29, 0.717) is 16.5 Å². The SMILES string of the molecule is CCOC(=O)NC(=O)/C(C#N)=C/Nc1cc(Cl)c(Oc2n[nH]c(=O)c3ccccc23)c(Cl)c1. The average Bonchev–Trinajstić information content (AvgIpc) is 2.78. The topological polar surface area (TPSA) is 146 Å². The van der Waals surface area contributed by atoms with Gasteiger partial charge in [0, 0.05) is 11.9 Å². The molecule has 3 N–H and O–H groups in total. The largest absolute Gasteiger partial charge is 0.450 e. The van der Waals surface area contributed by atoms with Crippen molar-refractivity contribution in [1.29, 1.82) is 5.26 Å². The number of H-pyrrole nitrogens is 1. The highest BCUT2D eigenvalue weighted by molar-refractivity contribution is 6.37. The van der Waals surface area contributed by atoms with Gasteiger partial charge in [-0.2, -0.15) is 5.26 Å². The Hall–Kier alpha value is -4.07. The van der Waals surface area contributed by atoms with Gasteiger partial charge in [-0.15, -0.1) is 5.10 Å². The van der Waals surface area contributed by atoms with Gasteiger partial charge in [0.2, 0.25) is 5.88 Å². The molecule has 0 saturated heterocycles. The van der Waals surface area contributed by atoms with E-state index in [1.807, 2.05) is 5.32 Å². The number of rotatable bonds is 6. The second-order valence-electron chi connectivity index (χ2n) is 6.26. The molecule has 0 aliphatic carbocycles. The van der Waals surface area contributed by atoms with Crippen molar-refractivity contribution in [2.45, 2.75) is 6.92 Å². The van der Waals surface area contributed by atoms with E-state index < -0.39 is 12.0 Å². The number of anilines is 1. The molecule has 3 rings (SSSR count). The van der Waals surface area contributed by atoms with Gasteiger partial charge >= 0.3 is 6.09 Å². The highest BCUT2D eigenvalue weighted by Crippen LogP contribution is 2.39. The third-order valence-electron chi connectivity index (χ3n) is 4.10. The lowest BCUT2D eigenvalue weighted by atomic mass is 10.2. The van der Waals surface area contributed by atoms with Gasteiger partial charge < -0.3 is 14.8 Å². The van der Waals surface area contributed by atoms with Crippen LogP contribution in [0.2, 0.25) is 10.0 Å². The van der Waals surface area contributed by atoms with Crippen LogP contribution < -0.4 is 20.9 Å². The number of ether oxygens (including phenoxy) is 2. The number of nitriles is 1. The maximum Gasteiger partial charge on any atom is 0.414 e. The van der Waals surface area contributed by atoms with Crippen LogP contribution in [0.5, 0.6) is 11.6 Å². The Morgan fingerprint density at radius 1 is 1.21 bits per heavy atom. The lowest BCUT2D eigenvalue weighted by molar-refractivity contribution is -0.116. The Labute approximate surface area is 196 Å². The molecular formula is C21H15Cl2N5O5. The van der Waals surface area contributed by atoms with Gasteiger partial charge in [-0.05, 0) is 31.2 Å². The highest BCUT2D eigenvalue weighted by atomic mass is 35.5. The number of alkyl carbamates (subject to hydrolysis) is 1. The molecule has 1 heterocycles. The van der Waals surface area contributed by atoms with E-state index in [1.165, 1.54) is 12.1 Å². The minimum atomic E-state index is -0.973. The fourth-order valence-corrected chi connectivity index (χ4v) is 3.20. The summed E-state index contributed by atoms with van der Waals surface area (Å²) in [6.45, 7) is 1.64. The first-order valence-electron chi connectivity index (χ1n) is 9.33. The number of benzene rings is 2. The minimum absolute atomic E-state index is 0.0682. The summed E-state index contributed by atoms with van der Waals surface area (Å²) in [5.74, 6) is -0.772. The van der Waals surface area contributed by atoms with Crippen LogP contribution in [-0.4, -0.2) is 28.8 Å². The van der Waals surface area contributed by atoms with Crippen molar-refractivity contribution in [3.05, 3.63) is 68.6 Å². The minimum Gasteiger partial charge on any atom is -0.450 e. The summed E-state index contributed by atoms with van der Waals surface area (Å²) in [5.41, 5.74) is -0.436.